The van der Waals surface area contributed by atoms with E-state index in [4.69, 9.17) is 14.3 Å². The first-order valence-corrected chi connectivity index (χ1v) is 13.0. The number of aryl methyl sites for hydroxylation is 1. The molecule has 3 aromatic rings. The molecule has 194 valence electrons. The van der Waals surface area contributed by atoms with Gasteiger partial charge in [0.25, 0.3) is 0 Å². The van der Waals surface area contributed by atoms with Crippen molar-refractivity contribution < 1.29 is 14.1 Å². The fraction of sp³-hybridized carbons (Fsp3) is 0.414. The Morgan fingerprint density at radius 3 is 2.65 bits per heavy atom. The molecule has 1 amide bonds. The highest BCUT2D eigenvalue weighted by molar-refractivity contribution is 6.17. The molecule has 8 heteroatoms. The van der Waals surface area contributed by atoms with Crippen LogP contribution < -0.4 is 10.1 Å². The zero-order valence-electron chi connectivity index (χ0n) is 21.9. The van der Waals surface area contributed by atoms with E-state index >= 15 is 0 Å². The van der Waals surface area contributed by atoms with Crippen LogP contribution in [0.3, 0.4) is 0 Å². The minimum absolute atomic E-state index is 0.0388. The van der Waals surface area contributed by atoms with Gasteiger partial charge in [-0.1, -0.05) is 35.5 Å². The first-order valence-electron chi connectivity index (χ1n) is 13.0. The van der Waals surface area contributed by atoms with Gasteiger partial charge in [0.2, 0.25) is 5.91 Å². The van der Waals surface area contributed by atoms with Gasteiger partial charge in [-0.25, -0.2) is 0 Å². The number of fused-ring (bicyclic) bond motifs is 3. The van der Waals surface area contributed by atoms with E-state index in [9.17, 15) is 4.79 Å². The van der Waals surface area contributed by atoms with E-state index in [0.717, 1.165) is 78.6 Å². The molecule has 0 bridgehead atoms. The third-order valence-corrected chi connectivity index (χ3v) is 7.22. The SMILES string of the molecule is COc1ccc2c(c1)C(c1ccccc1)=N[C@@H](CC(=O)NCCCN1CCN(C)CC1)c1onc(C)c1-2. The number of carbonyl (C=O) groups excluding carboxylic acids is 1. The number of carbonyl (C=O) groups is 1. The predicted octanol–water partition coefficient (Wildman–Crippen LogP) is 3.69. The van der Waals surface area contributed by atoms with Crippen LogP contribution in [0.25, 0.3) is 11.1 Å². The fourth-order valence-electron chi connectivity index (χ4n) is 5.10. The number of likely N-dealkylation sites (N-methyl/N-ethyl adjacent to an activating group) is 1. The van der Waals surface area contributed by atoms with E-state index in [-0.39, 0.29) is 12.3 Å². The number of aliphatic imine (C=N–C) groups is 1. The molecule has 1 saturated heterocycles. The molecule has 0 aliphatic carbocycles. The number of amides is 1. The molecule has 3 heterocycles. The predicted molar refractivity (Wildman–Crippen MR) is 144 cm³/mol. The lowest BCUT2D eigenvalue weighted by atomic mass is 9.92. The molecule has 2 aliphatic heterocycles. The molecule has 0 saturated carbocycles. The highest BCUT2D eigenvalue weighted by Crippen LogP contribution is 2.41. The number of ether oxygens (including phenoxy) is 1. The smallest absolute Gasteiger partial charge is 0.222 e. The van der Waals surface area contributed by atoms with Crippen LogP contribution in [0.2, 0.25) is 0 Å². The molecular formula is C29H35N5O3. The maximum absolute atomic E-state index is 13.1. The molecular weight excluding hydrogens is 466 g/mol. The Hall–Kier alpha value is -3.49. The number of aromatic nitrogens is 1. The molecule has 1 aromatic heterocycles. The van der Waals surface area contributed by atoms with E-state index in [2.05, 4.69) is 27.3 Å². The van der Waals surface area contributed by atoms with Crippen LogP contribution in [0.4, 0.5) is 0 Å². The van der Waals surface area contributed by atoms with Gasteiger partial charge in [0.05, 0.1) is 30.5 Å². The summed E-state index contributed by atoms with van der Waals surface area (Å²) in [4.78, 5) is 23.0. The second-order valence-electron chi connectivity index (χ2n) is 9.83. The van der Waals surface area contributed by atoms with Crippen LogP contribution >= 0.6 is 0 Å². The zero-order chi connectivity index (χ0) is 25.8. The fourth-order valence-corrected chi connectivity index (χ4v) is 5.10. The molecule has 0 radical (unpaired) electrons. The van der Waals surface area contributed by atoms with Gasteiger partial charge in [-0.15, -0.1) is 0 Å². The summed E-state index contributed by atoms with van der Waals surface area (Å²) in [5.41, 5.74) is 5.39. The van der Waals surface area contributed by atoms with Gasteiger partial charge in [0, 0.05) is 43.9 Å². The second kappa shape index (κ2) is 11.3. The van der Waals surface area contributed by atoms with Gasteiger partial charge in [-0.2, -0.15) is 0 Å². The Morgan fingerprint density at radius 1 is 1.11 bits per heavy atom. The topological polar surface area (TPSA) is 83.2 Å². The van der Waals surface area contributed by atoms with Crippen LogP contribution in [0.15, 0.2) is 58.0 Å². The third-order valence-electron chi connectivity index (χ3n) is 7.22. The highest BCUT2D eigenvalue weighted by Gasteiger charge is 2.32. The summed E-state index contributed by atoms with van der Waals surface area (Å²) < 4.78 is 11.3. The first-order chi connectivity index (χ1) is 18.0. The Kier molecular flexibility index (Phi) is 7.67. The van der Waals surface area contributed by atoms with Crippen molar-refractivity contribution in [1.82, 2.24) is 20.3 Å². The minimum atomic E-state index is -0.484. The number of nitrogens with one attached hydrogen (secondary N) is 1. The number of hydrogen-bond acceptors (Lipinski definition) is 7. The molecule has 2 aliphatic rings. The highest BCUT2D eigenvalue weighted by atomic mass is 16.5. The molecule has 8 nitrogen and oxygen atoms in total. The molecule has 1 fully saturated rings. The van der Waals surface area contributed by atoms with Crippen molar-refractivity contribution in [3.63, 3.8) is 0 Å². The van der Waals surface area contributed by atoms with Crippen LogP contribution in [0, 0.1) is 6.92 Å². The number of benzene rings is 2. The minimum Gasteiger partial charge on any atom is -0.497 e. The maximum Gasteiger partial charge on any atom is 0.222 e. The van der Waals surface area contributed by atoms with Gasteiger partial charge in [-0.3, -0.25) is 9.79 Å². The summed E-state index contributed by atoms with van der Waals surface area (Å²) in [5, 5.41) is 7.36. The van der Waals surface area contributed by atoms with Crippen molar-refractivity contribution in [2.75, 3.05) is 53.4 Å². The van der Waals surface area contributed by atoms with Crippen LogP contribution in [0.5, 0.6) is 5.75 Å². The van der Waals surface area contributed by atoms with E-state index in [0.29, 0.717) is 12.3 Å². The van der Waals surface area contributed by atoms with Crippen LogP contribution in [0.1, 0.15) is 41.5 Å². The van der Waals surface area contributed by atoms with Crippen LogP contribution in [-0.2, 0) is 4.79 Å². The van der Waals surface area contributed by atoms with E-state index in [1.165, 1.54) is 0 Å². The van der Waals surface area contributed by atoms with Crippen LogP contribution in [-0.4, -0.2) is 80.0 Å². The van der Waals surface area contributed by atoms with Gasteiger partial charge in [0.15, 0.2) is 5.76 Å². The quantitative estimate of drug-likeness (QED) is 0.474. The number of piperazine rings is 1. The summed E-state index contributed by atoms with van der Waals surface area (Å²) in [6.45, 7) is 7.94. The molecule has 1 N–H and O–H groups in total. The molecule has 0 unspecified atom stereocenters. The molecule has 2 aromatic carbocycles. The lowest BCUT2D eigenvalue weighted by molar-refractivity contribution is -0.121. The normalized spacial score (nSPS) is 17.9. The summed E-state index contributed by atoms with van der Waals surface area (Å²) in [6, 6.07) is 15.5. The second-order valence-corrected chi connectivity index (χ2v) is 9.83. The van der Waals surface area contributed by atoms with Crippen molar-refractivity contribution in [3.05, 3.63) is 71.1 Å². The van der Waals surface area contributed by atoms with Crippen molar-refractivity contribution in [2.24, 2.45) is 4.99 Å². The zero-order valence-corrected chi connectivity index (χ0v) is 21.9. The van der Waals surface area contributed by atoms with Gasteiger partial charge >= 0.3 is 0 Å². The first kappa shape index (κ1) is 25.2. The lowest BCUT2D eigenvalue weighted by Gasteiger charge is -2.32. The van der Waals surface area contributed by atoms with E-state index in [1.54, 1.807) is 7.11 Å². The monoisotopic (exact) mass is 501 g/mol. The lowest BCUT2D eigenvalue weighted by Crippen LogP contribution is -2.45. The van der Waals surface area contributed by atoms with Gasteiger partial charge < -0.3 is 24.4 Å². The van der Waals surface area contributed by atoms with E-state index < -0.39 is 6.04 Å². The summed E-state index contributed by atoms with van der Waals surface area (Å²) in [6.07, 6.45) is 1.12. The summed E-state index contributed by atoms with van der Waals surface area (Å²) in [7, 11) is 3.82. The average Bonchev–Trinajstić information content (AvgIpc) is 3.24. The Morgan fingerprint density at radius 2 is 1.89 bits per heavy atom. The molecule has 0 spiro atoms. The average molecular weight is 502 g/mol. The van der Waals surface area contributed by atoms with Crippen molar-refractivity contribution >= 4 is 11.6 Å². The Balaban J connectivity index is 1.37. The third kappa shape index (κ3) is 5.60. The standard InChI is InChI=1S/C29H35N5O3/c1-20-27-23-11-10-22(36-3)18-24(23)28(21-8-5-4-6-9-21)31-25(29(27)37-32-20)19-26(35)30-12-7-13-34-16-14-33(2)15-17-34/h4-6,8-11,18,25H,7,12-17,19H2,1-3H3,(H,30,35)/t25-/m0/s1. The number of methoxy groups -OCH3 is 1. The summed E-state index contributed by atoms with van der Waals surface area (Å²) in [5.74, 6) is 1.33. The molecule has 5 rings (SSSR count). The van der Waals surface area contributed by atoms with E-state index in [1.807, 2.05) is 55.5 Å². The number of hydrogen-bond donors (Lipinski definition) is 1. The Labute approximate surface area is 218 Å². The number of nitrogens with zero attached hydrogens (tertiary/aromatic N) is 4. The summed E-state index contributed by atoms with van der Waals surface area (Å²) >= 11 is 0. The number of rotatable bonds is 8. The largest absolute Gasteiger partial charge is 0.497 e. The van der Waals surface area contributed by atoms with Gasteiger partial charge in [-0.05, 0) is 50.7 Å². The Bertz CT molecular complexity index is 1260. The van der Waals surface area contributed by atoms with Crippen molar-refractivity contribution in [2.45, 2.75) is 25.8 Å². The van der Waals surface area contributed by atoms with Gasteiger partial charge in [0.1, 0.15) is 11.8 Å². The molecule has 37 heavy (non-hydrogen) atoms. The van der Waals surface area contributed by atoms with Crippen molar-refractivity contribution in [3.8, 4) is 16.9 Å². The molecule has 1 atom stereocenters. The van der Waals surface area contributed by atoms with Crippen molar-refractivity contribution in [1.29, 1.82) is 0 Å². The maximum atomic E-state index is 13.1.